The molecule has 0 spiro atoms. The first-order chi connectivity index (χ1) is 12.1. The van der Waals surface area contributed by atoms with Crippen molar-refractivity contribution < 1.29 is 4.79 Å². The number of nitrogens with one attached hydrogen (secondary N) is 3. The van der Waals surface area contributed by atoms with Gasteiger partial charge < -0.3 is 10.6 Å². The van der Waals surface area contributed by atoms with E-state index in [9.17, 15) is 9.59 Å². The molecule has 2 aliphatic heterocycles. The van der Waals surface area contributed by atoms with Gasteiger partial charge in [0.1, 0.15) is 0 Å². The van der Waals surface area contributed by atoms with E-state index in [2.05, 4.69) is 25.7 Å². The molecule has 1 aromatic heterocycles. The molecular weight excluding hydrogens is 318 g/mol. The lowest BCUT2D eigenvalue weighted by molar-refractivity contribution is 0.179. The molecule has 3 heterocycles. The average molecular weight is 347 g/mol. The van der Waals surface area contributed by atoms with Crippen LogP contribution >= 0.6 is 0 Å². The number of aryl methyl sites for hydroxylation is 1. The van der Waals surface area contributed by atoms with E-state index in [1.165, 1.54) is 12.8 Å². The number of amides is 2. The zero-order valence-corrected chi connectivity index (χ0v) is 15.2. The molecule has 0 unspecified atom stereocenters. The highest BCUT2D eigenvalue weighted by atomic mass is 16.2. The van der Waals surface area contributed by atoms with Crippen molar-refractivity contribution in [3.8, 4) is 0 Å². The Kier molecular flexibility index (Phi) is 5.73. The maximum atomic E-state index is 12.3. The zero-order chi connectivity index (χ0) is 17.8. The summed E-state index contributed by atoms with van der Waals surface area (Å²) in [6, 6.07) is 0.503. The minimum absolute atomic E-state index is 0.186. The predicted molar refractivity (Wildman–Crippen MR) is 96.6 cm³/mol. The largest absolute Gasteiger partial charge is 0.334 e. The monoisotopic (exact) mass is 347 g/mol. The molecule has 25 heavy (non-hydrogen) atoms. The van der Waals surface area contributed by atoms with Crippen LogP contribution in [-0.2, 0) is 19.4 Å². The van der Waals surface area contributed by atoms with Crippen molar-refractivity contribution in [2.75, 3.05) is 13.1 Å². The summed E-state index contributed by atoms with van der Waals surface area (Å²) in [7, 11) is 0. The zero-order valence-electron chi connectivity index (χ0n) is 15.2. The van der Waals surface area contributed by atoms with Gasteiger partial charge in [0.15, 0.2) is 0 Å². The Bertz CT molecular complexity index is 672. The van der Waals surface area contributed by atoms with Gasteiger partial charge in [0.05, 0.1) is 12.2 Å². The van der Waals surface area contributed by atoms with Crippen molar-refractivity contribution in [2.24, 2.45) is 0 Å². The lowest BCUT2D eigenvalue weighted by Gasteiger charge is -2.32. The van der Waals surface area contributed by atoms with Crippen molar-refractivity contribution in [3.05, 3.63) is 27.2 Å². The number of aromatic amines is 1. The number of fused-ring (bicyclic) bond motifs is 1. The third kappa shape index (κ3) is 3.86. The van der Waals surface area contributed by atoms with E-state index >= 15 is 0 Å². The molecule has 3 rings (SSSR count). The molecular formula is C18H29N5O2. The Hall–Kier alpha value is -1.89. The number of carbonyl (C=O) groups is 1. The first-order valence-electron chi connectivity index (χ1n) is 9.51. The number of H-pyrrole nitrogens is 1. The summed E-state index contributed by atoms with van der Waals surface area (Å²) in [4.78, 5) is 26.9. The second kappa shape index (κ2) is 7.99. The Balaban J connectivity index is 1.60. The van der Waals surface area contributed by atoms with E-state index in [-0.39, 0.29) is 24.2 Å². The number of aromatic nitrogens is 2. The van der Waals surface area contributed by atoms with E-state index in [0.29, 0.717) is 11.6 Å². The van der Waals surface area contributed by atoms with Crippen LogP contribution in [0, 0.1) is 0 Å². The van der Waals surface area contributed by atoms with Crippen LogP contribution in [-0.4, -0.2) is 46.3 Å². The van der Waals surface area contributed by atoms with Crippen molar-refractivity contribution in [3.63, 3.8) is 0 Å². The number of rotatable bonds is 5. The van der Waals surface area contributed by atoms with Gasteiger partial charge in [0.2, 0.25) is 0 Å². The molecule has 2 fully saturated rings. The summed E-state index contributed by atoms with van der Waals surface area (Å²) in [6.45, 7) is 6.48. The molecule has 0 saturated carbocycles. The highest BCUT2D eigenvalue weighted by Crippen LogP contribution is 2.27. The van der Waals surface area contributed by atoms with Gasteiger partial charge in [0.25, 0.3) is 5.56 Å². The summed E-state index contributed by atoms with van der Waals surface area (Å²) < 4.78 is 0. The molecule has 2 saturated heterocycles. The first kappa shape index (κ1) is 17.9. The van der Waals surface area contributed by atoms with Crippen LogP contribution < -0.4 is 16.2 Å². The Labute approximate surface area is 148 Å². The summed E-state index contributed by atoms with van der Waals surface area (Å²) >= 11 is 0. The summed E-state index contributed by atoms with van der Waals surface area (Å²) in [5.74, 6) is 0. The fourth-order valence-electron chi connectivity index (χ4n) is 4.27. The van der Waals surface area contributed by atoms with E-state index in [4.69, 9.17) is 0 Å². The second-order valence-electron chi connectivity index (χ2n) is 6.98. The molecule has 0 aliphatic carbocycles. The number of carbonyl (C=O) groups excluding carboxylic acids is 1. The van der Waals surface area contributed by atoms with E-state index in [1.54, 1.807) is 0 Å². The smallest absolute Gasteiger partial charge is 0.315 e. The quantitative estimate of drug-likeness (QED) is 0.749. The van der Waals surface area contributed by atoms with E-state index < -0.39 is 0 Å². The van der Waals surface area contributed by atoms with Gasteiger partial charge in [-0.25, -0.2) is 9.89 Å². The SMILES string of the molecule is CCc1n[nH]c(=O)c(CNC(=O)N[C@@H]2CCN3CCCC[C@@H]23)c1CC. The van der Waals surface area contributed by atoms with Gasteiger partial charge in [-0.1, -0.05) is 20.3 Å². The Morgan fingerprint density at radius 3 is 2.80 bits per heavy atom. The molecule has 0 radical (unpaired) electrons. The van der Waals surface area contributed by atoms with Crippen LogP contribution in [0.3, 0.4) is 0 Å². The molecule has 0 bridgehead atoms. The van der Waals surface area contributed by atoms with Crippen molar-refractivity contribution in [1.29, 1.82) is 0 Å². The highest BCUT2D eigenvalue weighted by Gasteiger charge is 2.36. The number of urea groups is 1. The number of hydrogen-bond acceptors (Lipinski definition) is 4. The standard InChI is InChI=1S/C18H29N5O2/c1-3-12-13(17(24)22-21-14(12)4-2)11-19-18(25)20-15-8-10-23-9-6-5-7-16(15)23/h15-16H,3-11H2,1-2H3,(H,22,24)(H2,19,20,25)/t15-,16+/m1/s1. The van der Waals surface area contributed by atoms with Gasteiger partial charge in [-0.3, -0.25) is 9.69 Å². The minimum atomic E-state index is -0.214. The Morgan fingerprint density at radius 2 is 2.04 bits per heavy atom. The summed E-state index contributed by atoms with van der Waals surface area (Å²) in [5, 5.41) is 12.6. The molecule has 7 heteroatoms. The molecule has 138 valence electrons. The minimum Gasteiger partial charge on any atom is -0.334 e. The van der Waals surface area contributed by atoms with Crippen LogP contribution in [0.15, 0.2) is 4.79 Å². The van der Waals surface area contributed by atoms with Crippen molar-refractivity contribution in [1.82, 2.24) is 25.7 Å². The lowest BCUT2D eigenvalue weighted by atomic mass is 9.99. The predicted octanol–water partition coefficient (Wildman–Crippen LogP) is 1.32. The normalized spacial score (nSPS) is 23.3. The van der Waals surface area contributed by atoms with Gasteiger partial charge >= 0.3 is 6.03 Å². The number of hydrogen-bond donors (Lipinski definition) is 3. The highest BCUT2D eigenvalue weighted by molar-refractivity contribution is 5.74. The Morgan fingerprint density at radius 1 is 1.20 bits per heavy atom. The van der Waals surface area contributed by atoms with Crippen LogP contribution in [0.5, 0.6) is 0 Å². The second-order valence-corrected chi connectivity index (χ2v) is 6.98. The fourth-order valence-corrected chi connectivity index (χ4v) is 4.27. The van der Waals surface area contributed by atoms with E-state index in [0.717, 1.165) is 50.0 Å². The van der Waals surface area contributed by atoms with Gasteiger partial charge in [-0.15, -0.1) is 0 Å². The lowest BCUT2D eigenvalue weighted by Crippen LogP contribution is -2.49. The average Bonchev–Trinajstić information content (AvgIpc) is 3.03. The number of nitrogens with zero attached hydrogens (tertiary/aromatic N) is 2. The summed E-state index contributed by atoms with van der Waals surface area (Å²) in [5.41, 5.74) is 2.25. The third-order valence-electron chi connectivity index (χ3n) is 5.57. The van der Waals surface area contributed by atoms with E-state index in [1.807, 2.05) is 13.8 Å². The number of piperidine rings is 1. The van der Waals surface area contributed by atoms with Gasteiger partial charge in [-0.05, 0) is 44.2 Å². The summed E-state index contributed by atoms with van der Waals surface area (Å²) in [6.07, 6.45) is 6.17. The van der Waals surface area contributed by atoms with Crippen LogP contribution in [0.25, 0.3) is 0 Å². The van der Waals surface area contributed by atoms with Gasteiger partial charge in [-0.2, -0.15) is 5.10 Å². The van der Waals surface area contributed by atoms with Crippen LogP contribution in [0.1, 0.15) is 56.4 Å². The maximum absolute atomic E-state index is 12.3. The van der Waals surface area contributed by atoms with Crippen LogP contribution in [0.2, 0.25) is 0 Å². The molecule has 3 N–H and O–H groups in total. The van der Waals surface area contributed by atoms with Crippen molar-refractivity contribution in [2.45, 2.75) is 71.0 Å². The molecule has 2 aliphatic rings. The third-order valence-corrected chi connectivity index (χ3v) is 5.57. The molecule has 2 atom stereocenters. The first-order valence-corrected chi connectivity index (χ1v) is 9.51. The van der Waals surface area contributed by atoms with Crippen molar-refractivity contribution >= 4 is 6.03 Å². The molecule has 0 aromatic carbocycles. The fraction of sp³-hybridized carbons (Fsp3) is 0.722. The van der Waals surface area contributed by atoms with Crippen LogP contribution in [0.4, 0.5) is 4.79 Å². The topological polar surface area (TPSA) is 90.1 Å². The maximum Gasteiger partial charge on any atom is 0.315 e. The molecule has 2 amide bonds. The molecule has 1 aromatic rings. The molecule has 7 nitrogen and oxygen atoms in total. The van der Waals surface area contributed by atoms with Gasteiger partial charge in [0, 0.05) is 24.2 Å².